The first kappa shape index (κ1) is 8.17. The Morgan fingerprint density at radius 3 is 2.78 bits per heavy atom. The molecule has 9 heavy (non-hydrogen) atoms. The number of hydrogen-bond acceptors (Lipinski definition) is 2. The topological polar surface area (TPSA) is 50.1 Å². The summed E-state index contributed by atoms with van der Waals surface area (Å²) in [6, 6.07) is 0. The highest BCUT2D eigenvalue weighted by molar-refractivity contribution is 5.65. The largest absolute Gasteiger partial charge is 0.462 e. The van der Waals surface area contributed by atoms with Gasteiger partial charge in [-0.2, -0.15) is 0 Å². The van der Waals surface area contributed by atoms with Crippen molar-refractivity contribution in [1.29, 1.82) is 0 Å². The van der Waals surface area contributed by atoms with Crippen LogP contribution in [0.4, 0.5) is 0 Å². The zero-order valence-corrected chi connectivity index (χ0v) is 5.39. The van der Waals surface area contributed by atoms with Gasteiger partial charge in [-0.3, -0.25) is 10.5 Å². The third kappa shape index (κ3) is 7.17. The van der Waals surface area contributed by atoms with Gasteiger partial charge in [0.05, 0.1) is 0 Å². The Labute approximate surface area is 54.5 Å². The molecular weight excluding hydrogens is 118 g/mol. The Hall–Kier alpha value is -0.830. The summed E-state index contributed by atoms with van der Waals surface area (Å²) in [6.45, 7) is 1.88. The smallest absolute Gasteiger partial charge is 0.302 e. The first-order valence-electron chi connectivity index (χ1n) is 2.70. The maximum atomic E-state index is 10.1. The van der Waals surface area contributed by atoms with Gasteiger partial charge in [0.2, 0.25) is 0 Å². The highest BCUT2D eigenvalue weighted by Crippen LogP contribution is 1.77. The summed E-state index contributed by atoms with van der Waals surface area (Å²) in [6.07, 6.45) is 3.28. The molecule has 1 N–H and O–H groups in total. The second kappa shape index (κ2) is 5.31. The van der Waals surface area contributed by atoms with Crippen molar-refractivity contribution in [3.63, 3.8) is 0 Å². The Kier molecular flexibility index (Phi) is 4.82. The van der Waals surface area contributed by atoms with Gasteiger partial charge in [0.15, 0.2) is 0 Å². The molecule has 0 spiro atoms. The molecule has 0 saturated heterocycles. The van der Waals surface area contributed by atoms with E-state index in [1.807, 2.05) is 0 Å². The molecule has 0 fully saturated rings. The van der Waals surface area contributed by atoms with E-state index in [1.54, 1.807) is 12.2 Å². The quantitative estimate of drug-likeness (QED) is 0.407. The van der Waals surface area contributed by atoms with E-state index in [9.17, 15) is 4.79 Å². The molecule has 0 atom stereocenters. The summed E-state index contributed by atoms with van der Waals surface area (Å²) in [5, 5.41) is 0. The SMILES string of the molecule is CC(=O)OC/C=C/C[NH]. The van der Waals surface area contributed by atoms with Gasteiger partial charge in [-0.1, -0.05) is 6.08 Å². The molecule has 0 saturated carbocycles. The molecule has 0 unspecified atom stereocenters. The normalized spacial score (nSPS) is 10.0. The maximum absolute atomic E-state index is 10.1. The molecule has 0 bridgehead atoms. The Bertz CT molecular complexity index is 110. The van der Waals surface area contributed by atoms with Crippen LogP contribution in [0.25, 0.3) is 0 Å². The van der Waals surface area contributed by atoms with E-state index in [1.165, 1.54) is 6.92 Å². The lowest BCUT2D eigenvalue weighted by atomic mass is 10.5. The first-order chi connectivity index (χ1) is 4.27. The van der Waals surface area contributed by atoms with Crippen LogP contribution in [0.5, 0.6) is 0 Å². The van der Waals surface area contributed by atoms with Crippen LogP contribution in [-0.2, 0) is 9.53 Å². The molecule has 0 aliphatic rings. The van der Waals surface area contributed by atoms with Crippen molar-refractivity contribution in [2.45, 2.75) is 6.92 Å². The zero-order chi connectivity index (χ0) is 7.11. The summed E-state index contributed by atoms with van der Waals surface area (Å²) in [5.74, 6) is -0.287. The maximum Gasteiger partial charge on any atom is 0.302 e. The van der Waals surface area contributed by atoms with Gasteiger partial charge < -0.3 is 4.74 Å². The number of carbonyl (C=O) groups excluding carboxylic acids is 1. The number of rotatable bonds is 3. The van der Waals surface area contributed by atoms with Crippen molar-refractivity contribution in [2.24, 2.45) is 0 Å². The fraction of sp³-hybridized carbons (Fsp3) is 0.500. The van der Waals surface area contributed by atoms with Crippen molar-refractivity contribution < 1.29 is 9.53 Å². The number of nitrogens with one attached hydrogen (secondary N) is 1. The monoisotopic (exact) mass is 128 g/mol. The fourth-order valence-corrected chi connectivity index (χ4v) is 0.317. The van der Waals surface area contributed by atoms with Crippen molar-refractivity contribution >= 4 is 5.97 Å². The van der Waals surface area contributed by atoms with E-state index in [0.717, 1.165) is 0 Å². The van der Waals surface area contributed by atoms with Gasteiger partial charge >= 0.3 is 5.97 Å². The Morgan fingerprint density at radius 1 is 1.67 bits per heavy atom. The van der Waals surface area contributed by atoms with E-state index < -0.39 is 0 Å². The van der Waals surface area contributed by atoms with Crippen LogP contribution < -0.4 is 5.73 Å². The van der Waals surface area contributed by atoms with Crippen LogP contribution in [0.15, 0.2) is 12.2 Å². The summed E-state index contributed by atoms with van der Waals surface area (Å²) >= 11 is 0. The van der Waals surface area contributed by atoms with Crippen LogP contribution in [0, 0.1) is 0 Å². The summed E-state index contributed by atoms with van der Waals surface area (Å²) in [5.41, 5.74) is 6.66. The summed E-state index contributed by atoms with van der Waals surface area (Å²) < 4.78 is 4.53. The van der Waals surface area contributed by atoms with Crippen molar-refractivity contribution in [1.82, 2.24) is 5.73 Å². The number of ether oxygens (including phenoxy) is 1. The molecule has 1 radical (unpaired) electrons. The number of esters is 1. The van der Waals surface area contributed by atoms with Gasteiger partial charge in [0.1, 0.15) is 6.61 Å². The minimum absolute atomic E-state index is 0.237. The highest BCUT2D eigenvalue weighted by Gasteiger charge is 1.84. The average molecular weight is 128 g/mol. The van der Waals surface area contributed by atoms with E-state index in [-0.39, 0.29) is 19.1 Å². The Balaban J connectivity index is 3.09. The summed E-state index contributed by atoms with van der Waals surface area (Å²) in [7, 11) is 0. The van der Waals surface area contributed by atoms with Gasteiger partial charge in [-0.25, -0.2) is 0 Å². The second-order valence-electron chi connectivity index (χ2n) is 1.48. The summed E-state index contributed by atoms with van der Waals surface area (Å²) in [4.78, 5) is 10.1. The van der Waals surface area contributed by atoms with Crippen molar-refractivity contribution in [3.8, 4) is 0 Å². The molecule has 0 aliphatic carbocycles. The third-order valence-electron chi connectivity index (χ3n) is 0.667. The van der Waals surface area contributed by atoms with Crippen LogP contribution in [-0.4, -0.2) is 19.1 Å². The molecule has 0 aromatic heterocycles. The van der Waals surface area contributed by atoms with Gasteiger partial charge in [0, 0.05) is 13.5 Å². The number of carbonyl (C=O) groups is 1. The van der Waals surface area contributed by atoms with Crippen LogP contribution in [0.1, 0.15) is 6.92 Å². The fourth-order valence-electron chi connectivity index (χ4n) is 0.317. The number of hydrogen-bond donors (Lipinski definition) is 0. The van der Waals surface area contributed by atoms with E-state index >= 15 is 0 Å². The average Bonchev–Trinajstić information content (AvgIpc) is 1.80. The molecule has 0 amide bonds. The lowest BCUT2D eigenvalue weighted by molar-refractivity contribution is -0.139. The van der Waals surface area contributed by atoms with Gasteiger partial charge in [-0.15, -0.1) is 0 Å². The van der Waals surface area contributed by atoms with Crippen LogP contribution >= 0.6 is 0 Å². The van der Waals surface area contributed by atoms with Crippen LogP contribution in [0.3, 0.4) is 0 Å². The molecule has 0 aromatic rings. The predicted octanol–water partition coefficient (Wildman–Crippen LogP) is 0.389. The minimum atomic E-state index is -0.287. The molecule has 0 rings (SSSR count). The molecule has 0 heterocycles. The van der Waals surface area contributed by atoms with E-state index in [2.05, 4.69) is 4.74 Å². The zero-order valence-electron chi connectivity index (χ0n) is 5.39. The lowest BCUT2D eigenvalue weighted by Gasteiger charge is -1.92. The molecule has 3 nitrogen and oxygen atoms in total. The lowest BCUT2D eigenvalue weighted by Crippen LogP contribution is -1.97. The van der Waals surface area contributed by atoms with Crippen molar-refractivity contribution in [3.05, 3.63) is 12.2 Å². The van der Waals surface area contributed by atoms with Gasteiger partial charge in [-0.05, 0) is 6.08 Å². The van der Waals surface area contributed by atoms with Gasteiger partial charge in [0.25, 0.3) is 0 Å². The molecule has 51 valence electrons. The molecule has 0 aromatic carbocycles. The highest BCUT2D eigenvalue weighted by atomic mass is 16.5. The standard InChI is InChI=1S/C6H10NO2/c1-6(8)9-5-3-2-4-7/h2-3,7H,4-5H2,1H3/b3-2+. The first-order valence-corrected chi connectivity index (χ1v) is 2.70. The molecular formula is C6H10NO2. The predicted molar refractivity (Wildman–Crippen MR) is 33.7 cm³/mol. The van der Waals surface area contributed by atoms with Crippen molar-refractivity contribution in [2.75, 3.05) is 13.2 Å². The van der Waals surface area contributed by atoms with Crippen LogP contribution in [0.2, 0.25) is 0 Å². The van der Waals surface area contributed by atoms with E-state index in [4.69, 9.17) is 5.73 Å². The third-order valence-corrected chi connectivity index (χ3v) is 0.667. The molecule has 3 heteroatoms. The van der Waals surface area contributed by atoms with E-state index in [0.29, 0.717) is 0 Å². The minimum Gasteiger partial charge on any atom is -0.462 e. The Morgan fingerprint density at radius 2 is 2.33 bits per heavy atom. The molecule has 0 aliphatic heterocycles. The second-order valence-corrected chi connectivity index (χ2v) is 1.48.